The number of rotatable bonds is 7. The SMILES string of the molecule is CCN(CC)c1cccc(CN(C)C(=O)c2cc(-c3ccccc3)c(=O)n3ccc4ccsc4c23)c1. The topological polar surface area (TPSA) is 45.0 Å². The summed E-state index contributed by atoms with van der Waals surface area (Å²) in [6.07, 6.45) is 1.78. The maximum absolute atomic E-state index is 14.0. The van der Waals surface area contributed by atoms with E-state index in [2.05, 4.69) is 36.9 Å². The number of fused-ring (bicyclic) bond motifs is 3. The Balaban J connectivity index is 1.61. The van der Waals surface area contributed by atoms with Crippen LogP contribution in [0.1, 0.15) is 29.8 Å². The van der Waals surface area contributed by atoms with E-state index in [4.69, 9.17) is 0 Å². The summed E-state index contributed by atoms with van der Waals surface area (Å²) >= 11 is 1.55. The Morgan fingerprint density at radius 1 is 0.944 bits per heavy atom. The Hall–Kier alpha value is -3.90. The van der Waals surface area contributed by atoms with E-state index in [1.54, 1.807) is 32.9 Å². The third-order valence-corrected chi connectivity index (χ3v) is 7.61. The predicted molar refractivity (Wildman–Crippen MR) is 150 cm³/mol. The summed E-state index contributed by atoms with van der Waals surface area (Å²) in [4.78, 5) is 31.5. The Morgan fingerprint density at radius 3 is 2.47 bits per heavy atom. The first-order valence-electron chi connectivity index (χ1n) is 12.2. The molecule has 0 unspecified atom stereocenters. The summed E-state index contributed by atoms with van der Waals surface area (Å²) in [5.74, 6) is -0.112. The molecule has 5 aromatic rings. The molecule has 0 saturated heterocycles. The highest BCUT2D eigenvalue weighted by molar-refractivity contribution is 7.18. The lowest BCUT2D eigenvalue weighted by atomic mass is 10.0. The van der Waals surface area contributed by atoms with Crippen LogP contribution in [0, 0.1) is 0 Å². The molecule has 0 fully saturated rings. The van der Waals surface area contributed by atoms with Crippen LogP contribution in [-0.4, -0.2) is 35.3 Å². The maximum Gasteiger partial charge on any atom is 0.263 e. The average molecular weight is 496 g/mol. The van der Waals surface area contributed by atoms with Crippen molar-refractivity contribution in [3.8, 4) is 11.1 Å². The van der Waals surface area contributed by atoms with E-state index in [0.29, 0.717) is 23.2 Å². The molecule has 36 heavy (non-hydrogen) atoms. The average Bonchev–Trinajstić information content (AvgIpc) is 3.39. The molecule has 0 radical (unpaired) electrons. The second-order valence-corrected chi connectivity index (χ2v) is 9.80. The molecule has 1 amide bonds. The molecule has 0 atom stereocenters. The highest BCUT2D eigenvalue weighted by Crippen LogP contribution is 2.30. The Bertz CT molecular complexity index is 1600. The number of thiophene rings is 1. The van der Waals surface area contributed by atoms with Gasteiger partial charge in [0.15, 0.2) is 0 Å². The second-order valence-electron chi connectivity index (χ2n) is 8.89. The van der Waals surface area contributed by atoms with Gasteiger partial charge in [-0.3, -0.25) is 14.0 Å². The van der Waals surface area contributed by atoms with Crippen molar-refractivity contribution in [1.29, 1.82) is 0 Å². The molecular weight excluding hydrogens is 466 g/mol. The molecule has 0 aliphatic heterocycles. The van der Waals surface area contributed by atoms with E-state index in [-0.39, 0.29) is 11.5 Å². The quantitative estimate of drug-likeness (QED) is 0.266. The van der Waals surface area contributed by atoms with Gasteiger partial charge in [0.25, 0.3) is 11.5 Å². The summed E-state index contributed by atoms with van der Waals surface area (Å²) in [5.41, 5.74) is 4.61. The van der Waals surface area contributed by atoms with Crippen molar-refractivity contribution in [3.05, 3.63) is 106 Å². The van der Waals surface area contributed by atoms with Gasteiger partial charge in [0.2, 0.25) is 0 Å². The minimum absolute atomic E-state index is 0.112. The highest BCUT2D eigenvalue weighted by Gasteiger charge is 2.22. The van der Waals surface area contributed by atoms with Crippen molar-refractivity contribution >= 4 is 38.5 Å². The lowest BCUT2D eigenvalue weighted by Crippen LogP contribution is -2.29. The van der Waals surface area contributed by atoms with E-state index in [1.807, 2.05) is 61.0 Å². The zero-order valence-corrected chi connectivity index (χ0v) is 21.6. The number of hydrogen-bond acceptors (Lipinski definition) is 4. The molecular formula is C30H29N3O2S. The van der Waals surface area contributed by atoms with Crippen LogP contribution in [0.4, 0.5) is 5.69 Å². The van der Waals surface area contributed by atoms with Crippen molar-refractivity contribution in [1.82, 2.24) is 9.30 Å². The van der Waals surface area contributed by atoms with Gasteiger partial charge in [-0.15, -0.1) is 11.3 Å². The molecule has 0 spiro atoms. The number of hydrogen-bond donors (Lipinski definition) is 0. The van der Waals surface area contributed by atoms with Gasteiger partial charge in [-0.05, 0) is 66.1 Å². The standard InChI is InChI=1S/C30H29N3O2S/c1-4-32(5-2)24-13-9-10-21(18-24)20-31(3)29(34)26-19-25(22-11-7-6-8-12-22)30(35)33-16-14-23-15-17-36-28(23)27(26)33/h6-19H,4-5,20H2,1-3H3. The summed E-state index contributed by atoms with van der Waals surface area (Å²) in [6.45, 7) is 6.62. The second kappa shape index (κ2) is 9.99. The Labute approximate surface area is 214 Å². The van der Waals surface area contributed by atoms with Gasteiger partial charge in [-0.2, -0.15) is 0 Å². The van der Waals surface area contributed by atoms with Crippen molar-refractivity contribution < 1.29 is 4.79 Å². The molecule has 0 saturated carbocycles. The summed E-state index contributed by atoms with van der Waals surface area (Å²) in [6, 6.07) is 23.6. The molecule has 3 aromatic heterocycles. The van der Waals surface area contributed by atoms with Crippen molar-refractivity contribution in [2.75, 3.05) is 25.0 Å². The zero-order chi connectivity index (χ0) is 25.2. The van der Waals surface area contributed by atoms with Gasteiger partial charge >= 0.3 is 0 Å². The first kappa shape index (κ1) is 23.8. The third kappa shape index (κ3) is 4.29. The lowest BCUT2D eigenvalue weighted by Gasteiger charge is -2.23. The number of amides is 1. The fourth-order valence-corrected chi connectivity index (χ4v) is 5.73. The normalized spacial score (nSPS) is 11.2. The Kier molecular flexibility index (Phi) is 6.61. The molecule has 3 heterocycles. The van der Waals surface area contributed by atoms with Gasteiger partial charge in [0.05, 0.1) is 15.8 Å². The van der Waals surface area contributed by atoms with Crippen molar-refractivity contribution in [2.45, 2.75) is 20.4 Å². The van der Waals surface area contributed by atoms with E-state index < -0.39 is 0 Å². The fourth-order valence-electron chi connectivity index (χ4n) is 4.79. The summed E-state index contributed by atoms with van der Waals surface area (Å²) in [7, 11) is 1.82. The Morgan fingerprint density at radius 2 is 1.72 bits per heavy atom. The van der Waals surface area contributed by atoms with Gasteiger partial charge in [0.1, 0.15) is 0 Å². The van der Waals surface area contributed by atoms with Crippen LogP contribution in [0.2, 0.25) is 0 Å². The molecule has 6 heteroatoms. The van der Waals surface area contributed by atoms with Crippen LogP contribution in [0.3, 0.4) is 0 Å². The maximum atomic E-state index is 14.0. The van der Waals surface area contributed by atoms with Gasteiger partial charge in [-0.25, -0.2) is 0 Å². The number of anilines is 1. The van der Waals surface area contributed by atoms with Crippen LogP contribution >= 0.6 is 11.3 Å². The van der Waals surface area contributed by atoms with Crippen LogP contribution in [0.25, 0.3) is 26.7 Å². The zero-order valence-electron chi connectivity index (χ0n) is 20.8. The number of carbonyl (C=O) groups is 1. The molecule has 0 N–H and O–H groups in total. The number of pyridine rings is 2. The molecule has 0 aliphatic carbocycles. The monoisotopic (exact) mass is 495 g/mol. The molecule has 0 aliphatic rings. The minimum Gasteiger partial charge on any atom is -0.372 e. The third-order valence-electron chi connectivity index (χ3n) is 6.67. The van der Waals surface area contributed by atoms with Gasteiger partial charge in [-0.1, -0.05) is 42.5 Å². The van der Waals surface area contributed by atoms with Crippen LogP contribution in [-0.2, 0) is 6.54 Å². The molecule has 5 nitrogen and oxygen atoms in total. The van der Waals surface area contributed by atoms with E-state index in [1.165, 1.54) is 0 Å². The highest BCUT2D eigenvalue weighted by atomic mass is 32.1. The van der Waals surface area contributed by atoms with Crippen LogP contribution < -0.4 is 10.5 Å². The lowest BCUT2D eigenvalue weighted by molar-refractivity contribution is 0.0786. The summed E-state index contributed by atoms with van der Waals surface area (Å²) < 4.78 is 2.57. The van der Waals surface area contributed by atoms with Crippen molar-refractivity contribution in [2.24, 2.45) is 0 Å². The number of aromatic nitrogens is 1. The molecule has 182 valence electrons. The van der Waals surface area contributed by atoms with E-state index in [0.717, 1.165) is 40.0 Å². The van der Waals surface area contributed by atoms with Gasteiger partial charge < -0.3 is 9.80 Å². The largest absolute Gasteiger partial charge is 0.372 e. The minimum atomic E-state index is -0.127. The molecule has 2 aromatic carbocycles. The first-order valence-corrected chi connectivity index (χ1v) is 13.1. The molecule has 0 bridgehead atoms. The van der Waals surface area contributed by atoms with Crippen molar-refractivity contribution in [3.63, 3.8) is 0 Å². The van der Waals surface area contributed by atoms with Crippen LogP contribution in [0.5, 0.6) is 0 Å². The molecule has 5 rings (SSSR count). The smallest absolute Gasteiger partial charge is 0.263 e. The van der Waals surface area contributed by atoms with E-state index in [9.17, 15) is 9.59 Å². The van der Waals surface area contributed by atoms with E-state index >= 15 is 0 Å². The number of nitrogens with zero attached hydrogens (tertiary/aromatic N) is 3. The van der Waals surface area contributed by atoms with Crippen LogP contribution in [0.15, 0.2) is 89.2 Å². The fraction of sp³-hybridized carbons (Fsp3) is 0.200. The summed E-state index contributed by atoms with van der Waals surface area (Å²) in [5, 5.41) is 3.02. The predicted octanol–water partition coefficient (Wildman–Crippen LogP) is 6.30. The number of benzene rings is 2. The van der Waals surface area contributed by atoms with Gasteiger partial charge in [0, 0.05) is 44.1 Å². The first-order chi connectivity index (χ1) is 17.5. The number of carbonyl (C=O) groups excluding carboxylic acids is 1.